The Labute approximate surface area is 122 Å². The maximum absolute atomic E-state index is 11.5. The Bertz CT molecular complexity index is 648. The van der Waals surface area contributed by atoms with Crippen LogP contribution in [0, 0.1) is 0 Å². The second kappa shape index (κ2) is 6.57. The number of hydrogen-bond acceptors (Lipinski definition) is 6. The Morgan fingerprint density at radius 1 is 1.33 bits per heavy atom. The molecule has 1 aromatic rings. The first-order chi connectivity index (χ1) is 9.66. The molecule has 1 atom stereocenters. The van der Waals surface area contributed by atoms with Crippen molar-refractivity contribution in [2.24, 2.45) is 0 Å². The van der Waals surface area contributed by atoms with E-state index in [-0.39, 0.29) is 22.8 Å². The van der Waals surface area contributed by atoms with Gasteiger partial charge in [-0.1, -0.05) is 0 Å². The molecule has 0 radical (unpaired) electrons. The van der Waals surface area contributed by atoms with Gasteiger partial charge in [-0.2, -0.15) is 0 Å². The maximum atomic E-state index is 11.5. The number of aromatic carboxylic acids is 1. The van der Waals surface area contributed by atoms with E-state index in [0.29, 0.717) is 0 Å². The fourth-order valence-electron chi connectivity index (χ4n) is 1.51. The predicted octanol–water partition coefficient (Wildman–Crippen LogP) is 1.12. The molecule has 0 fully saturated rings. The van der Waals surface area contributed by atoms with Crippen LogP contribution in [0.5, 0.6) is 5.75 Å². The SMILES string of the molecule is CCOC(=O)C(C)Oc1ccc(S(C)(=O)=O)cc1C(=O)O. The standard InChI is InChI=1S/C13H16O7S/c1-4-19-13(16)8(2)20-11-6-5-9(21(3,17)18)7-10(11)12(14)15/h5-8H,4H2,1-3H3,(H,14,15). The summed E-state index contributed by atoms with van der Waals surface area (Å²) in [5.74, 6) is -2.09. The van der Waals surface area contributed by atoms with Crippen LogP contribution in [-0.4, -0.2) is 44.4 Å². The summed E-state index contributed by atoms with van der Waals surface area (Å²) in [5.41, 5.74) is -0.339. The molecule has 0 bridgehead atoms. The van der Waals surface area contributed by atoms with Crippen LogP contribution in [0.25, 0.3) is 0 Å². The summed E-state index contributed by atoms with van der Waals surface area (Å²) >= 11 is 0. The normalized spacial score (nSPS) is 12.5. The summed E-state index contributed by atoms with van der Waals surface area (Å²) < 4.78 is 32.8. The van der Waals surface area contributed by atoms with E-state index in [4.69, 9.17) is 14.6 Å². The Morgan fingerprint density at radius 3 is 2.43 bits per heavy atom. The highest BCUT2D eigenvalue weighted by atomic mass is 32.2. The molecule has 116 valence electrons. The quantitative estimate of drug-likeness (QED) is 0.783. The third-order valence-electron chi connectivity index (χ3n) is 2.53. The molecule has 0 spiro atoms. The van der Waals surface area contributed by atoms with Crippen LogP contribution >= 0.6 is 0 Å². The number of benzene rings is 1. The summed E-state index contributed by atoms with van der Waals surface area (Å²) in [6, 6.07) is 3.41. The maximum Gasteiger partial charge on any atom is 0.347 e. The van der Waals surface area contributed by atoms with Gasteiger partial charge in [-0.25, -0.2) is 18.0 Å². The highest BCUT2D eigenvalue weighted by molar-refractivity contribution is 7.90. The molecular weight excluding hydrogens is 300 g/mol. The Kier molecular flexibility index (Phi) is 5.31. The van der Waals surface area contributed by atoms with Crippen molar-refractivity contribution in [3.05, 3.63) is 23.8 Å². The molecule has 1 unspecified atom stereocenters. The van der Waals surface area contributed by atoms with E-state index in [9.17, 15) is 18.0 Å². The van der Waals surface area contributed by atoms with Crippen molar-refractivity contribution in [1.82, 2.24) is 0 Å². The zero-order valence-corrected chi connectivity index (χ0v) is 12.6. The zero-order chi connectivity index (χ0) is 16.2. The van der Waals surface area contributed by atoms with Crippen LogP contribution in [0.1, 0.15) is 24.2 Å². The van der Waals surface area contributed by atoms with Crippen molar-refractivity contribution in [3.63, 3.8) is 0 Å². The van der Waals surface area contributed by atoms with Gasteiger partial charge in [0.15, 0.2) is 15.9 Å². The highest BCUT2D eigenvalue weighted by Gasteiger charge is 2.21. The van der Waals surface area contributed by atoms with Gasteiger partial charge in [0.2, 0.25) is 0 Å². The molecule has 8 heteroatoms. The number of rotatable bonds is 6. The number of esters is 1. The molecule has 21 heavy (non-hydrogen) atoms. The van der Waals surface area contributed by atoms with Crippen LogP contribution in [0.15, 0.2) is 23.1 Å². The first-order valence-corrected chi connectivity index (χ1v) is 7.96. The number of carbonyl (C=O) groups excluding carboxylic acids is 1. The van der Waals surface area contributed by atoms with Crippen molar-refractivity contribution in [2.45, 2.75) is 24.8 Å². The molecule has 0 saturated carbocycles. The first-order valence-electron chi connectivity index (χ1n) is 6.07. The van der Waals surface area contributed by atoms with Gasteiger partial charge in [0.05, 0.1) is 11.5 Å². The minimum Gasteiger partial charge on any atom is -0.478 e. The summed E-state index contributed by atoms with van der Waals surface area (Å²) in [7, 11) is -3.54. The lowest BCUT2D eigenvalue weighted by molar-refractivity contribution is -0.150. The molecular formula is C13H16O7S. The molecule has 1 N–H and O–H groups in total. The highest BCUT2D eigenvalue weighted by Crippen LogP contribution is 2.24. The molecule has 0 aliphatic heterocycles. The third kappa shape index (κ3) is 4.45. The number of sulfone groups is 1. The molecule has 0 amide bonds. The van der Waals surface area contributed by atoms with Gasteiger partial charge in [-0.15, -0.1) is 0 Å². The molecule has 0 aliphatic carbocycles. The number of ether oxygens (including phenoxy) is 2. The number of hydrogen-bond donors (Lipinski definition) is 1. The lowest BCUT2D eigenvalue weighted by atomic mass is 10.2. The predicted molar refractivity (Wildman–Crippen MR) is 73.2 cm³/mol. The summed E-state index contributed by atoms with van der Waals surface area (Å²) in [4.78, 5) is 22.5. The van der Waals surface area contributed by atoms with E-state index in [1.165, 1.54) is 19.1 Å². The van der Waals surface area contributed by atoms with E-state index in [2.05, 4.69) is 0 Å². The number of carbonyl (C=O) groups is 2. The van der Waals surface area contributed by atoms with Crippen molar-refractivity contribution < 1.29 is 32.6 Å². The summed E-state index contributed by atoms with van der Waals surface area (Å²) in [6.07, 6.45) is -0.0393. The average Bonchev–Trinajstić information content (AvgIpc) is 2.37. The van der Waals surface area contributed by atoms with Crippen molar-refractivity contribution >= 4 is 21.8 Å². The van der Waals surface area contributed by atoms with Gasteiger partial charge in [0.25, 0.3) is 0 Å². The van der Waals surface area contributed by atoms with E-state index in [0.717, 1.165) is 12.3 Å². The zero-order valence-electron chi connectivity index (χ0n) is 11.8. The molecule has 7 nitrogen and oxygen atoms in total. The monoisotopic (exact) mass is 316 g/mol. The fraction of sp³-hybridized carbons (Fsp3) is 0.385. The molecule has 0 aromatic heterocycles. The van der Waals surface area contributed by atoms with Gasteiger partial charge in [-0.05, 0) is 32.0 Å². The van der Waals surface area contributed by atoms with Crippen LogP contribution in [0.3, 0.4) is 0 Å². The molecule has 1 aromatic carbocycles. The van der Waals surface area contributed by atoms with Crippen LogP contribution in [0.2, 0.25) is 0 Å². The number of carboxylic acids is 1. The fourth-order valence-corrected chi connectivity index (χ4v) is 2.15. The minimum absolute atomic E-state index is 0.101. The second-order valence-electron chi connectivity index (χ2n) is 4.25. The second-order valence-corrected chi connectivity index (χ2v) is 6.26. The topological polar surface area (TPSA) is 107 Å². The molecule has 1 rings (SSSR count). The first kappa shape index (κ1) is 17.0. The van der Waals surface area contributed by atoms with Crippen molar-refractivity contribution in [2.75, 3.05) is 12.9 Å². The lowest BCUT2D eigenvalue weighted by Gasteiger charge is -2.15. The van der Waals surface area contributed by atoms with Gasteiger partial charge in [0.1, 0.15) is 11.3 Å². The summed E-state index contributed by atoms with van der Waals surface area (Å²) in [6.45, 7) is 3.22. The average molecular weight is 316 g/mol. The third-order valence-corrected chi connectivity index (χ3v) is 3.64. The Morgan fingerprint density at radius 2 is 1.95 bits per heavy atom. The molecule has 0 saturated heterocycles. The molecule has 0 aliphatic rings. The Hall–Kier alpha value is -2.09. The van der Waals surface area contributed by atoms with Crippen LogP contribution in [-0.2, 0) is 19.4 Å². The van der Waals surface area contributed by atoms with E-state index in [1.807, 2.05) is 0 Å². The smallest absolute Gasteiger partial charge is 0.347 e. The van der Waals surface area contributed by atoms with Crippen molar-refractivity contribution in [1.29, 1.82) is 0 Å². The van der Waals surface area contributed by atoms with Gasteiger partial charge >= 0.3 is 11.9 Å². The molecule has 0 heterocycles. The van der Waals surface area contributed by atoms with Gasteiger partial charge in [-0.3, -0.25) is 0 Å². The van der Waals surface area contributed by atoms with Crippen LogP contribution in [0.4, 0.5) is 0 Å². The largest absolute Gasteiger partial charge is 0.478 e. The van der Waals surface area contributed by atoms with E-state index >= 15 is 0 Å². The van der Waals surface area contributed by atoms with E-state index < -0.39 is 27.9 Å². The summed E-state index contributed by atoms with van der Waals surface area (Å²) in [5, 5.41) is 9.12. The lowest BCUT2D eigenvalue weighted by Crippen LogP contribution is -2.26. The van der Waals surface area contributed by atoms with Gasteiger partial charge in [0, 0.05) is 6.26 Å². The van der Waals surface area contributed by atoms with E-state index in [1.54, 1.807) is 6.92 Å². The van der Waals surface area contributed by atoms with Gasteiger partial charge < -0.3 is 14.6 Å². The number of carboxylic acid groups (broad SMARTS) is 1. The minimum atomic E-state index is -3.54. The van der Waals surface area contributed by atoms with Crippen molar-refractivity contribution in [3.8, 4) is 5.75 Å². The van der Waals surface area contributed by atoms with Crippen LogP contribution < -0.4 is 4.74 Å². The Balaban J connectivity index is 3.13.